The van der Waals surface area contributed by atoms with Gasteiger partial charge >= 0.3 is 0 Å². The van der Waals surface area contributed by atoms with E-state index in [1.54, 1.807) is 28.8 Å². The molecule has 6 heteroatoms. The summed E-state index contributed by atoms with van der Waals surface area (Å²) >= 11 is 11.6. The number of halogens is 1. The van der Waals surface area contributed by atoms with Crippen LogP contribution in [0.25, 0.3) is 11.5 Å². The molecule has 0 amide bonds. The fourth-order valence-corrected chi connectivity index (χ4v) is 3.10. The van der Waals surface area contributed by atoms with Gasteiger partial charge in [0, 0.05) is 42.6 Å². The molecule has 0 saturated heterocycles. The van der Waals surface area contributed by atoms with Gasteiger partial charge in [0.1, 0.15) is 0 Å². The molecule has 0 aliphatic heterocycles. The zero-order chi connectivity index (χ0) is 20.1. The number of aromatic nitrogens is 1. The lowest BCUT2D eigenvalue weighted by molar-refractivity contribution is -0.577. The Morgan fingerprint density at radius 2 is 1.57 bits per heavy atom. The van der Waals surface area contributed by atoms with Gasteiger partial charge in [0.25, 0.3) is 0 Å². The summed E-state index contributed by atoms with van der Waals surface area (Å²) in [6, 6.07) is 20.2. The molecular weight excluding hydrogens is 390 g/mol. The van der Waals surface area contributed by atoms with Crippen LogP contribution in [0.4, 0.5) is 11.4 Å². The van der Waals surface area contributed by atoms with E-state index < -0.39 is 0 Å². The average molecular weight is 410 g/mol. The van der Waals surface area contributed by atoms with Gasteiger partial charge in [-0.05, 0) is 35.6 Å². The van der Waals surface area contributed by atoms with Crippen LogP contribution in [0, 0.1) is 0 Å². The number of thiocarbonyl (C=S) groups is 1. The smallest absolute Gasteiger partial charge is 0.238 e. The first-order valence-electron chi connectivity index (χ1n) is 8.68. The summed E-state index contributed by atoms with van der Waals surface area (Å²) in [7, 11) is 3.93. The maximum atomic E-state index is 13.3. The molecule has 0 aliphatic carbocycles. The maximum absolute atomic E-state index is 13.3. The Morgan fingerprint density at radius 1 is 0.964 bits per heavy atom. The fourth-order valence-electron chi connectivity index (χ4n) is 2.65. The molecule has 1 N–H and O–H groups in total. The minimum atomic E-state index is -0.187. The van der Waals surface area contributed by atoms with Gasteiger partial charge in [-0.3, -0.25) is 0 Å². The molecule has 0 bridgehead atoms. The van der Waals surface area contributed by atoms with Gasteiger partial charge in [0.2, 0.25) is 5.70 Å². The molecule has 4 nitrogen and oxygen atoms in total. The molecular formula is C22H20ClN3OS. The van der Waals surface area contributed by atoms with Gasteiger partial charge in [-0.25, -0.2) is 0 Å². The zero-order valence-corrected chi connectivity index (χ0v) is 17.2. The third-order valence-electron chi connectivity index (χ3n) is 4.15. The number of nitrogens with one attached hydrogen (secondary N) is 1. The number of hydrogen-bond acceptors (Lipinski definition) is 3. The van der Waals surface area contributed by atoms with Gasteiger partial charge in [-0.15, -0.1) is 0 Å². The molecule has 3 rings (SSSR count). The standard InChI is InChI=1S/C22H20ClN3OS/c1-25(2)19-12-14-26(15-13-19)20(21(27)16-8-10-17(23)11-9-16)22(28)24-18-6-4-3-5-7-18/h3-15H,1-2H3,(H-,24,27,28). The van der Waals surface area contributed by atoms with E-state index in [-0.39, 0.29) is 5.76 Å². The number of pyridine rings is 1. The Kier molecular flexibility index (Phi) is 6.29. The van der Waals surface area contributed by atoms with E-state index in [0.29, 0.717) is 21.3 Å². The first-order valence-corrected chi connectivity index (χ1v) is 9.47. The Labute approximate surface area is 175 Å². The number of nitrogens with zero attached hydrogens (tertiary/aromatic N) is 2. The second kappa shape index (κ2) is 8.87. The highest BCUT2D eigenvalue weighted by Crippen LogP contribution is 2.19. The molecule has 3 aromatic rings. The number of rotatable bonds is 5. The minimum absolute atomic E-state index is 0.187. The van der Waals surface area contributed by atoms with Crippen LogP contribution in [0.5, 0.6) is 0 Å². The highest BCUT2D eigenvalue weighted by molar-refractivity contribution is 7.81. The van der Waals surface area contributed by atoms with Crippen LogP contribution < -0.4 is 19.9 Å². The van der Waals surface area contributed by atoms with Crippen LogP contribution in [-0.4, -0.2) is 19.1 Å². The Morgan fingerprint density at radius 3 is 2.14 bits per heavy atom. The van der Waals surface area contributed by atoms with E-state index in [2.05, 4.69) is 5.32 Å². The predicted octanol–water partition coefficient (Wildman–Crippen LogP) is 3.82. The summed E-state index contributed by atoms with van der Waals surface area (Å²) in [4.78, 5) is 2.33. The molecule has 1 heterocycles. The molecule has 0 atom stereocenters. The van der Waals surface area contributed by atoms with Crippen molar-refractivity contribution >= 4 is 51.6 Å². The van der Waals surface area contributed by atoms with Crippen molar-refractivity contribution in [1.29, 1.82) is 0 Å². The lowest BCUT2D eigenvalue weighted by atomic mass is 10.1. The van der Waals surface area contributed by atoms with E-state index in [9.17, 15) is 5.11 Å². The highest BCUT2D eigenvalue weighted by atomic mass is 35.5. The quantitative estimate of drug-likeness (QED) is 0.301. The van der Waals surface area contributed by atoms with Crippen LogP contribution in [0.15, 0.2) is 79.1 Å². The third-order valence-corrected chi connectivity index (χ3v) is 4.70. The minimum Gasteiger partial charge on any atom is -0.867 e. The Balaban J connectivity index is 2.06. The average Bonchev–Trinajstić information content (AvgIpc) is 2.70. The molecule has 0 spiro atoms. The van der Waals surface area contributed by atoms with Crippen LogP contribution in [-0.2, 0) is 0 Å². The summed E-state index contributed by atoms with van der Waals surface area (Å²) in [6.07, 6.45) is 3.66. The highest BCUT2D eigenvalue weighted by Gasteiger charge is 2.19. The molecule has 2 aromatic carbocycles. The van der Waals surface area contributed by atoms with E-state index in [0.717, 1.165) is 11.4 Å². The summed E-state index contributed by atoms with van der Waals surface area (Å²) in [5.41, 5.74) is 2.73. The van der Waals surface area contributed by atoms with Gasteiger partial charge < -0.3 is 15.3 Å². The monoisotopic (exact) mass is 409 g/mol. The predicted molar refractivity (Wildman–Crippen MR) is 118 cm³/mol. The topological polar surface area (TPSA) is 42.2 Å². The summed E-state index contributed by atoms with van der Waals surface area (Å²) < 4.78 is 1.74. The third kappa shape index (κ3) is 4.68. The van der Waals surface area contributed by atoms with E-state index in [1.165, 1.54) is 0 Å². The van der Waals surface area contributed by atoms with Crippen LogP contribution in [0.1, 0.15) is 5.56 Å². The first-order chi connectivity index (χ1) is 13.5. The van der Waals surface area contributed by atoms with Crippen molar-refractivity contribution in [3.63, 3.8) is 0 Å². The van der Waals surface area contributed by atoms with Crippen LogP contribution in [0.2, 0.25) is 5.02 Å². The van der Waals surface area contributed by atoms with Gasteiger partial charge in [-0.1, -0.05) is 54.2 Å². The molecule has 28 heavy (non-hydrogen) atoms. The lowest BCUT2D eigenvalue weighted by Crippen LogP contribution is -2.40. The zero-order valence-electron chi connectivity index (χ0n) is 15.6. The summed E-state index contributed by atoms with van der Waals surface area (Å²) in [5, 5.41) is 17.0. The molecule has 142 valence electrons. The Bertz CT molecular complexity index is 985. The van der Waals surface area contributed by atoms with Crippen molar-refractivity contribution in [3.05, 3.63) is 89.7 Å². The fraction of sp³-hybridized carbons (Fsp3) is 0.0909. The normalized spacial score (nSPS) is 11.5. The summed E-state index contributed by atoms with van der Waals surface area (Å²) in [6.45, 7) is 0. The van der Waals surface area contributed by atoms with E-state index in [1.807, 2.05) is 73.9 Å². The van der Waals surface area contributed by atoms with Crippen molar-refractivity contribution in [2.24, 2.45) is 0 Å². The summed E-state index contributed by atoms with van der Waals surface area (Å²) in [5.74, 6) is -0.187. The van der Waals surface area contributed by atoms with Crippen LogP contribution >= 0.6 is 23.8 Å². The molecule has 0 aliphatic rings. The molecule has 0 radical (unpaired) electrons. The van der Waals surface area contributed by atoms with Crippen molar-refractivity contribution in [3.8, 4) is 0 Å². The molecule has 0 unspecified atom stereocenters. The van der Waals surface area contributed by atoms with Crippen molar-refractivity contribution in [2.75, 3.05) is 24.3 Å². The number of benzene rings is 2. The largest absolute Gasteiger partial charge is 0.867 e. The lowest BCUT2D eigenvalue weighted by Gasteiger charge is -2.18. The molecule has 0 saturated carbocycles. The maximum Gasteiger partial charge on any atom is 0.238 e. The van der Waals surface area contributed by atoms with Gasteiger partial charge in [-0.2, -0.15) is 4.57 Å². The van der Waals surface area contributed by atoms with Crippen molar-refractivity contribution in [2.45, 2.75) is 0 Å². The van der Waals surface area contributed by atoms with E-state index >= 15 is 0 Å². The number of anilines is 2. The second-order valence-corrected chi connectivity index (χ2v) is 7.21. The first kappa shape index (κ1) is 19.9. The molecule has 1 aromatic heterocycles. The van der Waals surface area contributed by atoms with Gasteiger partial charge in [0.15, 0.2) is 17.4 Å². The second-order valence-electron chi connectivity index (χ2n) is 6.36. The van der Waals surface area contributed by atoms with Crippen molar-refractivity contribution in [1.82, 2.24) is 0 Å². The van der Waals surface area contributed by atoms with Crippen molar-refractivity contribution < 1.29 is 9.67 Å². The number of para-hydroxylation sites is 1. The van der Waals surface area contributed by atoms with E-state index in [4.69, 9.17) is 23.8 Å². The number of hydrogen-bond donors (Lipinski definition) is 1. The molecule has 0 fully saturated rings. The van der Waals surface area contributed by atoms with Crippen LogP contribution in [0.3, 0.4) is 0 Å². The van der Waals surface area contributed by atoms with Gasteiger partial charge in [0.05, 0.1) is 0 Å². The SMILES string of the molecule is CN(C)c1cc[n+](C(C(=S)Nc2ccccc2)=C([O-])c2ccc(Cl)cc2)cc1. The Hall–Kier alpha value is -2.89.